The molecule has 4 heteroatoms. The van der Waals surface area contributed by atoms with Crippen LogP contribution in [-0.2, 0) is 0 Å². The fraction of sp³-hybridized carbons (Fsp3) is 1.00. The minimum absolute atomic E-state index is 0.131. The fourth-order valence-corrected chi connectivity index (χ4v) is 3.09. The lowest BCUT2D eigenvalue weighted by molar-refractivity contribution is 0.100. The first-order chi connectivity index (χ1) is 9.36. The van der Waals surface area contributed by atoms with Crippen molar-refractivity contribution in [3.05, 3.63) is 0 Å². The Hall–Kier alpha value is -0.160. The number of aliphatic hydroxyl groups excluding tert-OH is 1. The van der Waals surface area contributed by atoms with Crippen molar-refractivity contribution < 1.29 is 5.11 Å². The highest BCUT2D eigenvalue weighted by Crippen LogP contribution is 2.14. The third kappa shape index (κ3) is 6.08. The summed E-state index contributed by atoms with van der Waals surface area (Å²) in [6.07, 6.45) is 2.19. The molecular weight excluding hydrogens is 250 g/mol. The monoisotopic (exact) mass is 285 g/mol. The third-order valence-electron chi connectivity index (χ3n) is 4.33. The molecule has 1 unspecified atom stereocenters. The zero-order valence-corrected chi connectivity index (χ0v) is 14.2. The summed E-state index contributed by atoms with van der Waals surface area (Å²) in [6, 6.07) is 1.09. The molecule has 1 atom stereocenters. The summed E-state index contributed by atoms with van der Waals surface area (Å²) in [5.74, 6) is 0. The van der Waals surface area contributed by atoms with E-state index >= 15 is 0 Å². The quantitative estimate of drug-likeness (QED) is 0.710. The molecule has 4 nitrogen and oxygen atoms in total. The fourth-order valence-electron chi connectivity index (χ4n) is 3.09. The maximum Gasteiger partial charge on any atom is 0.0610 e. The average Bonchev–Trinajstić information content (AvgIpc) is 2.38. The van der Waals surface area contributed by atoms with Gasteiger partial charge in [0.15, 0.2) is 0 Å². The molecule has 0 aromatic heterocycles. The van der Waals surface area contributed by atoms with E-state index < -0.39 is 0 Å². The molecule has 1 aliphatic heterocycles. The van der Waals surface area contributed by atoms with E-state index in [0.29, 0.717) is 12.1 Å². The largest absolute Gasteiger partial charge is 0.394 e. The average molecular weight is 285 g/mol. The van der Waals surface area contributed by atoms with E-state index in [2.05, 4.69) is 49.7 Å². The number of aliphatic hydroxyl groups is 1. The Kier molecular flexibility index (Phi) is 7.45. The Bertz CT molecular complexity index is 262. The highest BCUT2D eigenvalue weighted by Gasteiger charge is 2.24. The first-order valence-corrected chi connectivity index (χ1v) is 8.21. The van der Waals surface area contributed by atoms with Crippen molar-refractivity contribution in [2.45, 2.75) is 65.1 Å². The summed E-state index contributed by atoms with van der Waals surface area (Å²) in [4.78, 5) is 5.11. The van der Waals surface area contributed by atoms with E-state index in [9.17, 15) is 5.11 Å². The number of nitrogens with one attached hydrogen (secondary N) is 1. The van der Waals surface area contributed by atoms with Crippen LogP contribution in [0.1, 0.15) is 47.5 Å². The number of piperazine rings is 1. The zero-order valence-electron chi connectivity index (χ0n) is 14.2. The van der Waals surface area contributed by atoms with Crippen LogP contribution in [0.25, 0.3) is 0 Å². The second-order valence-corrected chi connectivity index (χ2v) is 7.09. The summed E-state index contributed by atoms with van der Waals surface area (Å²) >= 11 is 0. The molecule has 0 aromatic rings. The lowest BCUT2D eigenvalue weighted by atomic mass is 9.95. The van der Waals surface area contributed by atoms with Gasteiger partial charge in [0.05, 0.1) is 6.61 Å². The van der Waals surface area contributed by atoms with Gasteiger partial charge in [-0.1, -0.05) is 13.8 Å². The van der Waals surface area contributed by atoms with Crippen molar-refractivity contribution in [2.24, 2.45) is 0 Å². The smallest absolute Gasteiger partial charge is 0.0610 e. The van der Waals surface area contributed by atoms with Crippen molar-refractivity contribution in [2.75, 3.05) is 39.3 Å². The Balaban J connectivity index is 2.24. The summed E-state index contributed by atoms with van der Waals surface area (Å²) < 4.78 is 0. The number of hydrogen-bond acceptors (Lipinski definition) is 4. The molecule has 0 radical (unpaired) electrons. The van der Waals surface area contributed by atoms with E-state index in [4.69, 9.17) is 0 Å². The molecule has 0 bridgehead atoms. The Morgan fingerprint density at radius 3 is 2.15 bits per heavy atom. The van der Waals surface area contributed by atoms with Crippen LogP contribution in [0.4, 0.5) is 0 Å². The Morgan fingerprint density at radius 1 is 1.10 bits per heavy atom. The molecule has 0 aromatic carbocycles. The van der Waals surface area contributed by atoms with Crippen LogP contribution in [0.15, 0.2) is 0 Å². The molecule has 0 amide bonds. The van der Waals surface area contributed by atoms with E-state index in [1.165, 1.54) is 26.2 Å². The van der Waals surface area contributed by atoms with Crippen molar-refractivity contribution in [1.82, 2.24) is 15.1 Å². The highest BCUT2D eigenvalue weighted by atomic mass is 16.3. The molecule has 2 N–H and O–H groups in total. The molecule has 0 aliphatic carbocycles. The Morgan fingerprint density at radius 2 is 1.70 bits per heavy atom. The standard InChI is InChI=1S/C16H35N3O/c1-14(2)17-16(5,13-20)7-6-8-18-9-11-19(12-10-18)15(3)4/h14-15,17,20H,6-13H2,1-5H3. The SMILES string of the molecule is CC(C)NC(C)(CO)CCCN1CCN(C(C)C)CC1. The van der Waals surface area contributed by atoms with Crippen LogP contribution in [0, 0.1) is 0 Å². The predicted molar refractivity (Wildman–Crippen MR) is 86.1 cm³/mol. The molecule has 1 saturated heterocycles. The van der Waals surface area contributed by atoms with Gasteiger partial charge < -0.3 is 15.3 Å². The number of nitrogens with zero attached hydrogens (tertiary/aromatic N) is 2. The van der Waals surface area contributed by atoms with Crippen LogP contribution >= 0.6 is 0 Å². The molecule has 1 aliphatic rings. The zero-order chi connectivity index (χ0) is 15.2. The van der Waals surface area contributed by atoms with Crippen molar-refractivity contribution in [3.8, 4) is 0 Å². The van der Waals surface area contributed by atoms with Gasteiger partial charge in [-0.15, -0.1) is 0 Å². The maximum atomic E-state index is 9.58. The van der Waals surface area contributed by atoms with E-state index in [0.717, 1.165) is 19.4 Å². The van der Waals surface area contributed by atoms with Crippen LogP contribution in [0.2, 0.25) is 0 Å². The van der Waals surface area contributed by atoms with Crippen LogP contribution < -0.4 is 5.32 Å². The van der Waals surface area contributed by atoms with Gasteiger partial charge in [0, 0.05) is 43.8 Å². The van der Waals surface area contributed by atoms with Crippen molar-refractivity contribution >= 4 is 0 Å². The minimum atomic E-state index is -0.131. The molecule has 1 rings (SSSR count). The van der Waals surface area contributed by atoms with E-state index in [-0.39, 0.29) is 12.1 Å². The minimum Gasteiger partial charge on any atom is -0.394 e. The lowest BCUT2D eigenvalue weighted by Crippen LogP contribution is -2.51. The summed E-state index contributed by atoms with van der Waals surface area (Å²) in [7, 11) is 0. The van der Waals surface area contributed by atoms with Gasteiger partial charge in [-0.05, 0) is 40.2 Å². The third-order valence-corrected chi connectivity index (χ3v) is 4.33. The molecule has 120 valence electrons. The van der Waals surface area contributed by atoms with Crippen molar-refractivity contribution in [1.29, 1.82) is 0 Å². The van der Waals surface area contributed by atoms with Crippen molar-refractivity contribution in [3.63, 3.8) is 0 Å². The van der Waals surface area contributed by atoms with E-state index in [1.54, 1.807) is 0 Å². The second kappa shape index (κ2) is 8.32. The van der Waals surface area contributed by atoms with Gasteiger partial charge >= 0.3 is 0 Å². The molecular formula is C16H35N3O. The normalized spacial score (nSPS) is 21.6. The summed E-state index contributed by atoms with van der Waals surface area (Å²) in [6.45, 7) is 17.1. The topological polar surface area (TPSA) is 38.7 Å². The van der Waals surface area contributed by atoms with Gasteiger partial charge in [0.1, 0.15) is 0 Å². The molecule has 20 heavy (non-hydrogen) atoms. The summed E-state index contributed by atoms with van der Waals surface area (Å²) in [5.41, 5.74) is -0.131. The van der Waals surface area contributed by atoms with Crippen LogP contribution in [0.3, 0.4) is 0 Å². The second-order valence-electron chi connectivity index (χ2n) is 7.09. The number of rotatable bonds is 8. The van der Waals surface area contributed by atoms with Gasteiger partial charge in [-0.3, -0.25) is 4.90 Å². The van der Waals surface area contributed by atoms with Gasteiger partial charge in [0.25, 0.3) is 0 Å². The van der Waals surface area contributed by atoms with Gasteiger partial charge in [0.2, 0.25) is 0 Å². The summed E-state index contributed by atoms with van der Waals surface area (Å²) in [5, 5.41) is 13.1. The Labute approximate surface area is 125 Å². The van der Waals surface area contributed by atoms with E-state index in [1.807, 2.05) is 0 Å². The number of hydrogen-bond donors (Lipinski definition) is 2. The molecule has 0 saturated carbocycles. The molecule has 1 heterocycles. The first kappa shape index (κ1) is 17.9. The van der Waals surface area contributed by atoms with Gasteiger partial charge in [-0.2, -0.15) is 0 Å². The van der Waals surface area contributed by atoms with Gasteiger partial charge in [-0.25, -0.2) is 0 Å². The van der Waals surface area contributed by atoms with Crippen LogP contribution in [0.5, 0.6) is 0 Å². The van der Waals surface area contributed by atoms with Crippen LogP contribution in [-0.4, -0.2) is 71.9 Å². The highest BCUT2D eigenvalue weighted by molar-refractivity contribution is 4.84. The molecule has 0 spiro atoms. The lowest BCUT2D eigenvalue weighted by Gasteiger charge is -2.37. The predicted octanol–water partition coefficient (Wildman–Crippen LogP) is 1.54. The first-order valence-electron chi connectivity index (χ1n) is 8.21. The maximum absolute atomic E-state index is 9.58. The molecule has 1 fully saturated rings.